The monoisotopic (exact) mass is 336 g/mol. The first kappa shape index (κ1) is 14.0. The zero-order chi connectivity index (χ0) is 14.6. The van der Waals surface area contributed by atoms with E-state index in [4.69, 9.17) is 0 Å². The van der Waals surface area contributed by atoms with Gasteiger partial charge in [0, 0.05) is 17.0 Å². The van der Waals surface area contributed by atoms with Crippen molar-refractivity contribution in [3.63, 3.8) is 0 Å². The van der Waals surface area contributed by atoms with Gasteiger partial charge in [0.2, 0.25) is 11.5 Å². The van der Waals surface area contributed by atoms with Crippen molar-refractivity contribution in [1.29, 1.82) is 0 Å². The molecule has 0 saturated heterocycles. The molecule has 0 fully saturated rings. The Hall–Kier alpha value is -1.37. The zero-order valence-electron chi connectivity index (χ0n) is 9.89. The van der Waals surface area contributed by atoms with E-state index < -0.39 is 40.2 Å². The third-order valence-electron chi connectivity index (χ3n) is 2.90. The van der Waals surface area contributed by atoms with Gasteiger partial charge in [0.05, 0.1) is 5.56 Å². The Kier molecular flexibility index (Phi) is 3.00. The van der Waals surface area contributed by atoms with Gasteiger partial charge in [-0.15, -0.1) is 0 Å². The van der Waals surface area contributed by atoms with E-state index in [1.54, 1.807) is 0 Å². The van der Waals surface area contributed by atoms with Gasteiger partial charge in [-0.1, -0.05) is 15.9 Å². The van der Waals surface area contributed by atoms with Crippen LogP contribution in [0.1, 0.15) is 29.8 Å². The van der Waals surface area contributed by atoms with E-state index in [-0.39, 0.29) is 4.47 Å². The maximum absolute atomic E-state index is 14.0. The molecule has 0 aliphatic heterocycles. The van der Waals surface area contributed by atoms with E-state index in [0.29, 0.717) is 6.92 Å². The highest BCUT2D eigenvalue weighted by Crippen LogP contribution is 2.54. The van der Waals surface area contributed by atoms with Crippen LogP contribution < -0.4 is 4.74 Å². The van der Waals surface area contributed by atoms with E-state index in [1.165, 1.54) is 0 Å². The molecule has 1 aliphatic rings. The van der Waals surface area contributed by atoms with Crippen molar-refractivity contribution in [2.45, 2.75) is 25.4 Å². The van der Waals surface area contributed by atoms with Crippen LogP contribution in [-0.2, 0) is 10.7 Å². The molecule has 0 N–H and O–H groups in total. The van der Waals surface area contributed by atoms with Crippen molar-refractivity contribution < 1.29 is 27.5 Å². The largest absolute Gasteiger partial charge is 0.426 e. The summed E-state index contributed by atoms with van der Waals surface area (Å²) in [6.45, 7) is 1.54. The topological polar surface area (TPSA) is 43.4 Å². The van der Waals surface area contributed by atoms with Crippen molar-refractivity contribution in [2.24, 2.45) is 0 Å². The van der Waals surface area contributed by atoms with Crippen LogP contribution in [0.25, 0.3) is 0 Å². The van der Waals surface area contributed by atoms with Gasteiger partial charge < -0.3 is 4.74 Å². The lowest BCUT2D eigenvalue weighted by Gasteiger charge is -2.22. The molecular weight excluding hydrogens is 329 g/mol. The molecule has 0 saturated carbocycles. The summed E-state index contributed by atoms with van der Waals surface area (Å²) in [6, 6.07) is 2.19. The molecular formula is C12H8BrF3O3. The van der Waals surface area contributed by atoms with Crippen LogP contribution >= 0.6 is 15.9 Å². The van der Waals surface area contributed by atoms with E-state index in [2.05, 4.69) is 20.7 Å². The van der Waals surface area contributed by atoms with Gasteiger partial charge in [-0.25, -0.2) is 4.39 Å². The summed E-state index contributed by atoms with van der Waals surface area (Å²) < 4.78 is 46.9. The molecule has 7 heteroatoms. The van der Waals surface area contributed by atoms with Crippen LogP contribution in [0.4, 0.5) is 13.2 Å². The first-order chi connectivity index (χ1) is 8.59. The Labute approximate surface area is 114 Å². The second-order valence-corrected chi connectivity index (χ2v) is 5.24. The molecule has 0 heterocycles. The van der Waals surface area contributed by atoms with Crippen molar-refractivity contribution in [1.82, 2.24) is 0 Å². The maximum atomic E-state index is 14.0. The Morgan fingerprint density at radius 1 is 1.32 bits per heavy atom. The van der Waals surface area contributed by atoms with E-state index in [0.717, 1.165) is 19.1 Å². The molecule has 1 aliphatic carbocycles. The molecule has 0 amide bonds. The third-order valence-corrected chi connectivity index (χ3v) is 3.35. The SMILES string of the molecule is CC(=O)Oc1cc(Br)cc2c1C(F)(F)C(C)(F)C2=O. The third kappa shape index (κ3) is 1.87. The smallest absolute Gasteiger partial charge is 0.318 e. The summed E-state index contributed by atoms with van der Waals surface area (Å²) in [7, 11) is 0. The lowest BCUT2D eigenvalue weighted by atomic mass is 10.0. The van der Waals surface area contributed by atoms with E-state index in [1.807, 2.05) is 0 Å². The second-order valence-electron chi connectivity index (χ2n) is 4.33. The van der Waals surface area contributed by atoms with Crippen LogP contribution in [0, 0.1) is 0 Å². The number of halogens is 4. The highest BCUT2D eigenvalue weighted by molar-refractivity contribution is 9.10. The fraction of sp³-hybridized carbons (Fsp3) is 0.333. The summed E-state index contributed by atoms with van der Waals surface area (Å²) in [5.41, 5.74) is -4.73. The maximum Gasteiger partial charge on any atom is 0.318 e. The molecule has 102 valence electrons. The highest BCUT2D eigenvalue weighted by Gasteiger charge is 2.66. The zero-order valence-corrected chi connectivity index (χ0v) is 11.5. The van der Waals surface area contributed by atoms with Crippen LogP contribution in [0.15, 0.2) is 16.6 Å². The molecule has 0 radical (unpaired) electrons. The number of hydrogen-bond acceptors (Lipinski definition) is 3. The molecule has 3 nitrogen and oxygen atoms in total. The fourth-order valence-corrected chi connectivity index (χ4v) is 2.39. The lowest BCUT2D eigenvalue weighted by Crippen LogP contribution is -2.39. The molecule has 1 aromatic rings. The van der Waals surface area contributed by atoms with Gasteiger partial charge in [0.1, 0.15) is 5.75 Å². The molecule has 1 aromatic carbocycles. The van der Waals surface area contributed by atoms with E-state index in [9.17, 15) is 22.8 Å². The van der Waals surface area contributed by atoms with Crippen molar-refractivity contribution in [3.05, 3.63) is 27.7 Å². The average Bonchev–Trinajstić information content (AvgIpc) is 2.36. The summed E-state index contributed by atoms with van der Waals surface area (Å²) in [5.74, 6) is -6.74. The Balaban J connectivity index is 2.76. The summed E-state index contributed by atoms with van der Waals surface area (Å²) in [5, 5.41) is 0. The van der Waals surface area contributed by atoms with Gasteiger partial charge >= 0.3 is 11.9 Å². The number of ether oxygens (including phenoxy) is 1. The minimum absolute atomic E-state index is 0.240. The van der Waals surface area contributed by atoms with Crippen LogP contribution in [0.2, 0.25) is 0 Å². The first-order valence-electron chi connectivity index (χ1n) is 5.23. The predicted octanol–water partition coefficient (Wildman–Crippen LogP) is 3.39. The Morgan fingerprint density at radius 3 is 2.42 bits per heavy atom. The minimum Gasteiger partial charge on any atom is -0.426 e. The van der Waals surface area contributed by atoms with Crippen LogP contribution in [-0.4, -0.2) is 17.4 Å². The number of alkyl halides is 3. The number of hydrogen-bond donors (Lipinski definition) is 0. The van der Waals surface area contributed by atoms with Crippen LogP contribution in [0.3, 0.4) is 0 Å². The van der Waals surface area contributed by atoms with Gasteiger partial charge in [-0.05, 0) is 19.1 Å². The first-order valence-corrected chi connectivity index (χ1v) is 6.02. The summed E-state index contributed by atoms with van der Waals surface area (Å²) in [6.07, 6.45) is 0. The number of carbonyl (C=O) groups excluding carboxylic acids is 2. The highest BCUT2D eigenvalue weighted by atomic mass is 79.9. The van der Waals surface area contributed by atoms with Gasteiger partial charge in [0.25, 0.3) is 0 Å². The normalized spacial score (nSPS) is 24.2. The van der Waals surface area contributed by atoms with Crippen molar-refractivity contribution >= 4 is 27.7 Å². The molecule has 1 atom stereocenters. The number of esters is 1. The molecule has 0 bridgehead atoms. The van der Waals surface area contributed by atoms with Crippen molar-refractivity contribution in [3.8, 4) is 5.75 Å². The number of benzene rings is 1. The number of rotatable bonds is 1. The molecule has 2 rings (SSSR count). The number of carbonyl (C=O) groups is 2. The Bertz CT molecular complexity index is 596. The van der Waals surface area contributed by atoms with Gasteiger partial charge in [-0.3, -0.25) is 9.59 Å². The quantitative estimate of drug-likeness (QED) is 0.583. The fourth-order valence-electron chi connectivity index (χ4n) is 1.95. The predicted molar refractivity (Wildman–Crippen MR) is 63.2 cm³/mol. The second kappa shape index (κ2) is 4.06. The van der Waals surface area contributed by atoms with E-state index >= 15 is 0 Å². The molecule has 0 aromatic heterocycles. The van der Waals surface area contributed by atoms with Gasteiger partial charge in [0.15, 0.2) is 0 Å². The summed E-state index contributed by atoms with van der Waals surface area (Å²) >= 11 is 3.00. The average molecular weight is 337 g/mol. The minimum atomic E-state index is -4.05. The molecule has 0 spiro atoms. The standard InChI is InChI=1S/C12H8BrF3O3/c1-5(17)19-8-4-6(13)3-7-9(8)12(15,16)11(2,14)10(7)18/h3-4H,1-2H3. The number of ketones is 1. The van der Waals surface area contributed by atoms with Crippen LogP contribution in [0.5, 0.6) is 5.75 Å². The summed E-state index contributed by atoms with van der Waals surface area (Å²) in [4.78, 5) is 22.6. The Morgan fingerprint density at radius 2 is 1.89 bits per heavy atom. The van der Waals surface area contributed by atoms with Gasteiger partial charge in [-0.2, -0.15) is 8.78 Å². The lowest BCUT2D eigenvalue weighted by molar-refractivity contribution is -0.132. The van der Waals surface area contributed by atoms with Crippen molar-refractivity contribution in [2.75, 3.05) is 0 Å². The number of Topliss-reactive ketones (excluding diaryl/α,β-unsaturated/α-hetero) is 1. The molecule has 19 heavy (non-hydrogen) atoms. The molecule has 1 unspecified atom stereocenters. The number of fused-ring (bicyclic) bond motifs is 1.